The number of carbonyl (C=O) groups is 1. The minimum Gasteiger partial charge on any atom is -0.342 e. The van der Waals surface area contributed by atoms with E-state index in [9.17, 15) is 13.2 Å². The van der Waals surface area contributed by atoms with Crippen molar-refractivity contribution in [3.05, 3.63) is 34.9 Å². The molecule has 160 valence electrons. The summed E-state index contributed by atoms with van der Waals surface area (Å²) >= 11 is 6.38. The van der Waals surface area contributed by atoms with Gasteiger partial charge in [0, 0.05) is 36.6 Å². The Hall–Kier alpha value is -1.11. The lowest BCUT2D eigenvalue weighted by atomic mass is 9.79. The van der Waals surface area contributed by atoms with Crippen molar-refractivity contribution in [3.63, 3.8) is 0 Å². The molecule has 1 aromatic carbocycles. The molecule has 3 aliphatic rings. The van der Waals surface area contributed by atoms with Crippen LogP contribution in [-0.2, 0) is 21.2 Å². The lowest BCUT2D eigenvalue weighted by Crippen LogP contribution is -2.49. The van der Waals surface area contributed by atoms with Gasteiger partial charge in [0.15, 0.2) is 0 Å². The van der Waals surface area contributed by atoms with Crippen molar-refractivity contribution in [2.75, 3.05) is 32.4 Å². The predicted molar refractivity (Wildman–Crippen MR) is 115 cm³/mol. The summed E-state index contributed by atoms with van der Waals surface area (Å²) in [7, 11) is -3.18. The number of nitrogens with zero attached hydrogens (tertiary/aromatic N) is 2. The fraction of sp³-hybridized carbons (Fsp3) is 0.682. The molecular formula is C22H31ClN2O3S. The van der Waals surface area contributed by atoms with E-state index in [-0.39, 0.29) is 5.91 Å². The Morgan fingerprint density at radius 2 is 1.86 bits per heavy atom. The molecule has 3 fully saturated rings. The van der Waals surface area contributed by atoms with Crippen LogP contribution >= 0.6 is 11.6 Å². The van der Waals surface area contributed by atoms with Gasteiger partial charge >= 0.3 is 0 Å². The fourth-order valence-electron chi connectivity index (χ4n) is 5.65. The third-order valence-corrected chi connectivity index (χ3v) is 9.22. The van der Waals surface area contributed by atoms with Crippen molar-refractivity contribution < 1.29 is 13.2 Å². The van der Waals surface area contributed by atoms with Crippen LogP contribution in [0.4, 0.5) is 0 Å². The number of amides is 1. The number of hydrogen-bond acceptors (Lipinski definition) is 3. The molecule has 1 aromatic rings. The lowest BCUT2D eigenvalue weighted by Gasteiger charge is -2.39. The first kappa shape index (κ1) is 21.1. The predicted octanol–water partition coefficient (Wildman–Crippen LogP) is 3.43. The molecule has 2 saturated heterocycles. The first-order chi connectivity index (χ1) is 13.7. The summed E-state index contributed by atoms with van der Waals surface area (Å²) in [4.78, 5) is 15.4. The van der Waals surface area contributed by atoms with Crippen LogP contribution in [0.5, 0.6) is 0 Å². The maximum absolute atomic E-state index is 13.4. The van der Waals surface area contributed by atoms with E-state index >= 15 is 0 Å². The highest BCUT2D eigenvalue weighted by Crippen LogP contribution is 2.46. The molecule has 0 aromatic heterocycles. The van der Waals surface area contributed by atoms with Gasteiger partial charge in [-0.15, -0.1) is 0 Å². The van der Waals surface area contributed by atoms with E-state index < -0.39 is 15.4 Å². The zero-order valence-corrected chi connectivity index (χ0v) is 18.9. The lowest BCUT2D eigenvalue weighted by molar-refractivity contribution is -0.142. The topological polar surface area (TPSA) is 57.7 Å². The Labute approximate surface area is 179 Å². The molecule has 0 bridgehead atoms. The number of sulfonamides is 1. The third-order valence-electron chi connectivity index (χ3n) is 7.54. The van der Waals surface area contributed by atoms with Gasteiger partial charge in [-0.25, -0.2) is 12.7 Å². The summed E-state index contributed by atoms with van der Waals surface area (Å²) in [6.45, 7) is 4.59. The Morgan fingerprint density at radius 3 is 2.52 bits per heavy atom. The van der Waals surface area contributed by atoms with Crippen LogP contribution in [0.3, 0.4) is 0 Å². The van der Waals surface area contributed by atoms with Crippen molar-refractivity contribution in [1.82, 2.24) is 9.21 Å². The fourth-order valence-corrected chi connectivity index (χ4v) is 6.71. The highest BCUT2D eigenvalue weighted by molar-refractivity contribution is 7.88. The van der Waals surface area contributed by atoms with Crippen LogP contribution in [0.1, 0.15) is 38.2 Å². The van der Waals surface area contributed by atoms with Gasteiger partial charge in [0.05, 0.1) is 6.26 Å². The molecule has 2 heterocycles. The summed E-state index contributed by atoms with van der Waals surface area (Å²) < 4.78 is 25.1. The van der Waals surface area contributed by atoms with Gasteiger partial charge < -0.3 is 4.90 Å². The van der Waals surface area contributed by atoms with E-state index in [2.05, 4.69) is 11.0 Å². The number of piperidine rings is 1. The monoisotopic (exact) mass is 438 g/mol. The van der Waals surface area contributed by atoms with E-state index in [0.29, 0.717) is 43.7 Å². The molecule has 4 rings (SSSR count). The van der Waals surface area contributed by atoms with Crippen molar-refractivity contribution in [1.29, 1.82) is 0 Å². The average Bonchev–Trinajstić information content (AvgIpc) is 3.24. The minimum absolute atomic E-state index is 0.219. The SMILES string of the molecule is CC1(C(=O)N2C[C@H]3CC[C@H](Cc4ccccc4Cl)[C@H]3C2)CCN(S(C)(=O)=O)CC1. The summed E-state index contributed by atoms with van der Waals surface area (Å²) in [5.74, 6) is 1.94. The van der Waals surface area contributed by atoms with Crippen molar-refractivity contribution in [2.45, 2.75) is 39.0 Å². The number of fused-ring (bicyclic) bond motifs is 1. The Kier molecular flexibility index (Phi) is 5.73. The largest absolute Gasteiger partial charge is 0.342 e. The molecule has 29 heavy (non-hydrogen) atoms. The molecule has 3 atom stereocenters. The highest BCUT2D eigenvalue weighted by Gasteiger charge is 2.48. The summed E-state index contributed by atoms with van der Waals surface area (Å²) in [5, 5.41) is 0.840. The van der Waals surface area contributed by atoms with Crippen LogP contribution in [0.15, 0.2) is 24.3 Å². The molecule has 0 unspecified atom stereocenters. The smallest absolute Gasteiger partial charge is 0.228 e. The Morgan fingerprint density at radius 1 is 1.17 bits per heavy atom. The zero-order chi connectivity index (χ0) is 20.8. The third kappa shape index (κ3) is 4.21. The Bertz CT molecular complexity index is 880. The molecule has 0 spiro atoms. The molecule has 2 aliphatic heterocycles. The normalized spacial score (nSPS) is 29.8. The van der Waals surface area contributed by atoms with E-state index in [1.807, 2.05) is 25.1 Å². The molecule has 0 radical (unpaired) electrons. The number of likely N-dealkylation sites (tertiary alicyclic amines) is 1. The molecule has 1 saturated carbocycles. The number of benzene rings is 1. The second-order valence-corrected chi connectivity index (χ2v) is 11.9. The maximum Gasteiger partial charge on any atom is 0.228 e. The van der Waals surface area contributed by atoms with Crippen molar-refractivity contribution in [3.8, 4) is 0 Å². The molecule has 0 N–H and O–H groups in total. The van der Waals surface area contributed by atoms with Gasteiger partial charge in [-0.05, 0) is 61.5 Å². The number of hydrogen-bond donors (Lipinski definition) is 0. The second kappa shape index (κ2) is 7.86. The number of carbonyl (C=O) groups excluding carboxylic acids is 1. The molecule has 1 aliphatic carbocycles. The van der Waals surface area contributed by atoms with Crippen LogP contribution in [-0.4, -0.2) is 56.0 Å². The van der Waals surface area contributed by atoms with E-state index in [0.717, 1.165) is 24.5 Å². The van der Waals surface area contributed by atoms with Gasteiger partial charge in [0.2, 0.25) is 15.9 Å². The van der Waals surface area contributed by atoms with Crippen LogP contribution in [0.25, 0.3) is 0 Å². The number of halogens is 1. The quantitative estimate of drug-likeness (QED) is 0.723. The first-order valence-corrected chi connectivity index (χ1v) is 12.9. The average molecular weight is 439 g/mol. The van der Waals surface area contributed by atoms with Gasteiger partial charge in [-0.2, -0.15) is 0 Å². The van der Waals surface area contributed by atoms with E-state index in [4.69, 9.17) is 11.6 Å². The maximum atomic E-state index is 13.4. The molecule has 7 heteroatoms. The summed E-state index contributed by atoms with van der Waals surface area (Å²) in [5.41, 5.74) is 0.766. The Balaban J connectivity index is 1.39. The molecular weight excluding hydrogens is 408 g/mol. The van der Waals surface area contributed by atoms with Crippen LogP contribution in [0.2, 0.25) is 5.02 Å². The highest BCUT2D eigenvalue weighted by atomic mass is 35.5. The van der Waals surface area contributed by atoms with E-state index in [1.54, 1.807) is 0 Å². The van der Waals surface area contributed by atoms with E-state index in [1.165, 1.54) is 29.0 Å². The van der Waals surface area contributed by atoms with Gasteiger partial charge in [0.1, 0.15) is 0 Å². The van der Waals surface area contributed by atoms with Crippen molar-refractivity contribution in [2.24, 2.45) is 23.2 Å². The summed E-state index contributed by atoms with van der Waals surface area (Å²) in [6, 6.07) is 8.08. The first-order valence-electron chi connectivity index (χ1n) is 10.7. The van der Waals surface area contributed by atoms with Gasteiger partial charge in [-0.1, -0.05) is 36.7 Å². The summed E-state index contributed by atoms with van der Waals surface area (Å²) in [6.07, 6.45) is 5.84. The zero-order valence-electron chi connectivity index (χ0n) is 17.3. The molecule has 1 amide bonds. The number of rotatable bonds is 4. The van der Waals surface area contributed by atoms with Gasteiger partial charge in [0.25, 0.3) is 0 Å². The van der Waals surface area contributed by atoms with Crippen LogP contribution < -0.4 is 0 Å². The van der Waals surface area contributed by atoms with Crippen molar-refractivity contribution >= 4 is 27.5 Å². The molecule has 5 nitrogen and oxygen atoms in total. The van der Waals surface area contributed by atoms with Gasteiger partial charge in [-0.3, -0.25) is 4.79 Å². The second-order valence-electron chi connectivity index (χ2n) is 9.49. The minimum atomic E-state index is -3.18. The van der Waals surface area contributed by atoms with Crippen LogP contribution in [0, 0.1) is 23.2 Å². The standard InChI is InChI=1S/C22H31ClN2O3S/c1-22(9-11-25(12-10-22)29(2,27)28)21(26)24-14-18-8-7-16(19(18)15-24)13-17-5-3-4-6-20(17)23/h3-6,16,18-19H,7-15H2,1-2H3/t16-,18-,19-/m1/s1.